The molecule has 2 aliphatic rings. The van der Waals surface area contributed by atoms with E-state index >= 15 is 0 Å². The van der Waals surface area contributed by atoms with Gasteiger partial charge in [0.1, 0.15) is 0 Å². The first-order chi connectivity index (χ1) is 14.1. The summed E-state index contributed by atoms with van der Waals surface area (Å²) in [7, 11) is 0. The Morgan fingerprint density at radius 1 is 1.17 bits per heavy atom. The fraction of sp³-hybridized carbons (Fsp3) is 0.625. The number of esters is 1. The second-order valence-electron chi connectivity index (χ2n) is 9.73. The van der Waals surface area contributed by atoms with Crippen LogP contribution in [-0.2, 0) is 14.3 Å². The fourth-order valence-corrected chi connectivity index (χ4v) is 5.49. The van der Waals surface area contributed by atoms with Gasteiger partial charge < -0.3 is 10.1 Å². The molecule has 164 valence electrons. The molecule has 2 fully saturated rings. The molecular formula is C24H33NO4S. The molecule has 5 nitrogen and oxygen atoms in total. The third-order valence-electron chi connectivity index (χ3n) is 6.46. The molecule has 0 unspecified atom stereocenters. The lowest BCUT2D eigenvalue weighted by Crippen LogP contribution is -2.40. The first-order valence-electron chi connectivity index (χ1n) is 10.9. The Balaban J connectivity index is 1.51. The van der Waals surface area contributed by atoms with E-state index in [-0.39, 0.29) is 30.1 Å². The van der Waals surface area contributed by atoms with Crippen molar-refractivity contribution in [3.8, 4) is 0 Å². The maximum absolute atomic E-state index is 12.5. The van der Waals surface area contributed by atoms with Crippen molar-refractivity contribution in [2.45, 2.75) is 64.3 Å². The van der Waals surface area contributed by atoms with Crippen molar-refractivity contribution >= 4 is 29.4 Å². The zero-order valence-electron chi connectivity index (χ0n) is 18.4. The predicted molar refractivity (Wildman–Crippen MR) is 118 cm³/mol. The van der Waals surface area contributed by atoms with Gasteiger partial charge in [0.2, 0.25) is 5.91 Å². The van der Waals surface area contributed by atoms with Gasteiger partial charge in [-0.05, 0) is 56.1 Å². The van der Waals surface area contributed by atoms with Crippen LogP contribution in [-0.4, -0.2) is 36.1 Å². The molecule has 1 N–H and O–H groups in total. The van der Waals surface area contributed by atoms with Crippen molar-refractivity contribution < 1.29 is 19.1 Å². The standard InChI is InChI=1S/C24H33NO4S/c1-15(19-12-16-9-10-17(19)11-16)25-22(27)14-30-20-8-6-5-7-18(20)23(28)29-13-21(26)24(2,3)4/h5-8,15-17,19H,9-14H2,1-4H3,(H,25,27)/t15-,16+,17+,19-/m1/s1. The molecule has 6 heteroatoms. The maximum atomic E-state index is 12.5. The summed E-state index contributed by atoms with van der Waals surface area (Å²) >= 11 is 1.33. The summed E-state index contributed by atoms with van der Waals surface area (Å²) in [5.41, 5.74) is -0.166. The lowest BCUT2D eigenvalue weighted by atomic mass is 9.84. The predicted octanol–water partition coefficient (Wildman–Crippen LogP) is 4.49. The first kappa shape index (κ1) is 22.9. The van der Waals surface area contributed by atoms with Crippen molar-refractivity contribution in [2.24, 2.45) is 23.2 Å². The van der Waals surface area contributed by atoms with Crippen LogP contribution in [0.5, 0.6) is 0 Å². The number of rotatable bonds is 8. The highest BCUT2D eigenvalue weighted by Crippen LogP contribution is 2.49. The molecule has 3 rings (SSSR count). The van der Waals surface area contributed by atoms with Gasteiger partial charge in [-0.1, -0.05) is 39.3 Å². The van der Waals surface area contributed by atoms with Crippen LogP contribution in [0, 0.1) is 23.2 Å². The molecule has 0 heterocycles. The highest BCUT2D eigenvalue weighted by molar-refractivity contribution is 8.00. The zero-order valence-corrected chi connectivity index (χ0v) is 19.2. The van der Waals surface area contributed by atoms with Crippen LogP contribution < -0.4 is 5.32 Å². The number of Topliss-reactive ketones (excluding diaryl/α,β-unsaturated/α-hetero) is 1. The normalized spacial score (nSPS) is 23.8. The lowest BCUT2D eigenvalue weighted by molar-refractivity contribution is -0.129. The molecule has 2 saturated carbocycles. The van der Waals surface area contributed by atoms with Gasteiger partial charge in [-0.25, -0.2) is 4.79 Å². The van der Waals surface area contributed by atoms with E-state index in [1.807, 2.05) is 6.07 Å². The van der Waals surface area contributed by atoms with Gasteiger partial charge in [0.15, 0.2) is 12.4 Å². The number of amides is 1. The summed E-state index contributed by atoms with van der Waals surface area (Å²) < 4.78 is 5.22. The number of benzene rings is 1. The highest BCUT2D eigenvalue weighted by Gasteiger charge is 2.42. The summed E-state index contributed by atoms with van der Waals surface area (Å²) in [4.78, 5) is 37.7. The summed E-state index contributed by atoms with van der Waals surface area (Å²) in [6.45, 7) is 7.25. The number of fused-ring (bicyclic) bond motifs is 2. The van der Waals surface area contributed by atoms with E-state index in [1.165, 1.54) is 37.4 Å². The molecule has 2 bridgehead atoms. The van der Waals surface area contributed by atoms with Gasteiger partial charge in [0.25, 0.3) is 0 Å². The highest BCUT2D eigenvalue weighted by atomic mass is 32.2. The van der Waals surface area contributed by atoms with Crippen LogP contribution in [0.15, 0.2) is 29.2 Å². The molecule has 0 spiro atoms. The number of thioether (sulfide) groups is 1. The van der Waals surface area contributed by atoms with E-state index in [2.05, 4.69) is 12.2 Å². The molecule has 4 atom stereocenters. The Labute approximate surface area is 183 Å². The average molecular weight is 432 g/mol. The van der Waals surface area contributed by atoms with E-state index < -0.39 is 11.4 Å². The summed E-state index contributed by atoms with van der Waals surface area (Å²) in [6, 6.07) is 7.25. The third kappa shape index (κ3) is 5.65. The van der Waals surface area contributed by atoms with Crippen LogP contribution in [0.4, 0.5) is 0 Å². The first-order valence-corrected chi connectivity index (χ1v) is 11.9. The largest absolute Gasteiger partial charge is 0.454 e. The number of hydrogen-bond donors (Lipinski definition) is 1. The molecule has 2 aliphatic carbocycles. The van der Waals surface area contributed by atoms with Gasteiger partial charge >= 0.3 is 5.97 Å². The van der Waals surface area contributed by atoms with E-state index in [0.29, 0.717) is 16.4 Å². The smallest absolute Gasteiger partial charge is 0.339 e. The number of carbonyl (C=O) groups excluding carboxylic acids is 3. The topological polar surface area (TPSA) is 72.5 Å². The minimum Gasteiger partial charge on any atom is -0.454 e. The van der Waals surface area contributed by atoms with Crippen LogP contribution in [0.25, 0.3) is 0 Å². The van der Waals surface area contributed by atoms with Gasteiger partial charge in [-0.15, -0.1) is 11.8 Å². The second kappa shape index (κ2) is 9.54. The van der Waals surface area contributed by atoms with Gasteiger partial charge in [0.05, 0.1) is 11.3 Å². The van der Waals surface area contributed by atoms with Gasteiger partial charge in [0, 0.05) is 16.4 Å². The van der Waals surface area contributed by atoms with Crippen LogP contribution in [0.3, 0.4) is 0 Å². The van der Waals surface area contributed by atoms with E-state index in [0.717, 1.165) is 11.8 Å². The van der Waals surface area contributed by atoms with Crippen LogP contribution >= 0.6 is 11.8 Å². The Kier molecular flexibility index (Phi) is 7.27. The number of ether oxygens (including phenoxy) is 1. The van der Waals surface area contributed by atoms with Crippen molar-refractivity contribution in [3.63, 3.8) is 0 Å². The third-order valence-corrected chi connectivity index (χ3v) is 7.53. The second-order valence-corrected chi connectivity index (χ2v) is 10.7. The molecular weight excluding hydrogens is 398 g/mol. The molecule has 0 aromatic heterocycles. The molecule has 1 aromatic carbocycles. The monoisotopic (exact) mass is 431 g/mol. The molecule has 0 saturated heterocycles. The Morgan fingerprint density at radius 2 is 1.90 bits per heavy atom. The Morgan fingerprint density at radius 3 is 2.53 bits per heavy atom. The van der Waals surface area contributed by atoms with Crippen molar-refractivity contribution in [1.29, 1.82) is 0 Å². The lowest BCUT2D eigenvalue weighted by Gasteiger charge is -2.28. The van der Waals surface area contributed by atoms with Crippen LogP contribution in [0.1, 0.15) is 63.7 Å². The van der Waals surface area contributed by atoms with Crippen LogP contribution in [0.2, 0.25) is 0 Å². The quantitative estimate of drug-likeness (QED) is 0.485. The zero-order chi connectivity index (χ0) is 21.9. The minimum atomic E-state index is -0.553. The summed E-state index contributed by atoms with van der Waals surface area (Å²) in [5.74, 6) is 1.79. The Hall–Kier alpha value is -1.82. The molecule has 0 radical (unpaired) electrons. The van der Waals surface area contributed by atoms with Gasteiger partial charge in [-0.3, -0.25) is 9.59 Å². The number of ketones is 1. The molecule has 1 amide bonds. The number of hydrogen-bond acceptors (Lipinski definition) is 5. The van der Waals surface area contributed by atoms with E-state index in [1.54, 1.807) is 39.0 Å². The SMILES string of the molecule is C[C@@H](NC(=O)CSc1ccccc1C(=O)OCC(=O)C(C)(C)C)[C@H]1C[C@H]2CC[C@H]1C2. The van der Waals surface area contributed by atoms with Gasteiger partial charge in [-0.2, -0.15) is 0 Å². The molecule has 1 aromatic rings. The molecule has 0 aliphatic heterocycles. The average Bonchev–Trinajstić information content (AvgIpc) is 3.33. The maximum Gasteiger partial charge on any atom is 0.339 e. The van der Waals surface area contributed by atoms with Crippen molar-refractivity contribution in [2.75, 3.05) is 12.4 Å². The molecule has 30 heavy (non-hydrogen) atoms. The number of carbonyl (C=O) groups is 3. The van der Waals surface area contributed by atoms with Crippen molar-refractivity contribution in [3.05, 3.63) is 29.8 Å². The summed E-state index contributed by atoms with van der Waals surface area (Å²) in [6.07, 6.45) is 5.22. The Bertz CT molecular complexity index is 801. The van der Waals surface area contributed by atoms with E-state index in [9.17, 15) is 14.4 Å². The van der Waals surface area contributed by atoms with E-state index in [4.69, 9.17) is 4.74 Å². The number of nitrogens with one attached hydrogen (secondary N) is 1. The fourth-order valence-electron chi connectivity index (χ4n) is 4.64. The van der Waals surface area contributed by atoms with Crippen molar-refractivity contribution in [1.82, 2.24) is 5.32 Å². The minimum absolute atomic E-state index is 0.0126. The summed E-state index contributed by atoms with van der Waals surface area (Å²) in [5, 5.41) is 3.16.